The molecule has 0 amide bonds. The van der Waals surface area contributed by atoms with Gasteiger partial charge < -0.3 is 10.5 Å². The van der Waals surface area contributed by atoms with Gasteiger partial charge in [-0.05, 0) is 24.6 Å². The molecule has 15 heavy (non-hydrogen) atoms. The minimum Gasteiger partial charge on any atom is -0.497 e. The van der Waals surface area contributed by atoms with Gasteiger partial charge in [0.1, 0.15) is 11.3 Å². The topological polar surface area (TPSA) is 59.0 Å². The lowest BCUT2D eigenvalue weighted by atomic mass is 9.96. The van der Waals surface area contributed by atoms with Crippen molar-refractivity contribution in [2.75, 3.05) is 7.11 Å². The number of methoxy groups -OCH3 is 1. The van der Waals surface area contributed by atoms with Gasteiger partial charge in [-0.15, -0.1) is 12.4 Å². The third-order valence-electron chi connectivity index (χ3n) is 1.99. The van der Waals surface area contributed by atoms with Crippen LogP contribution >= 0.6 is 12.4 Å². The number of ether oxygens (including phenoxy) is 1. The molecule has 0 fully saturated rings. The van der Waals surface area contributed by atoms with E-state index in [0.717, 1.165) is 11.3 Å². The number of hydrogen-bond donors (Lipinski definition) is 1. The minimum atomic E-state index is -0.797. The summed E-state index contributed by atoms with van der Waals surface area (Å²) in [5, 5.41) is 8.76. The zero-order valence-electron chi connectivity index (χ0n) is 8.86. The molecule has 1 aromatic rings. The van der Waals surface area contributed by atoms with Crippen LogP contribution in [0.4, 0.5) is 0 Å². The van der Waals surface area contributed by atoms with Crippen LogP contribution in [0.1, 0.15) is 12.5 Å². The van der Waals surface area contributed by atoms with E-state index < -0.39 is 5.54 Å². The summed E-state index contributed by atoms with van der Waals surface area (Å²) >= 11 is 0. The first-order valence-corrected chi connectivity index (χ1v) is 4.40. The summed E-state index contributed by atoms with van der Waals surface area (Å²) in [6.45, 7) is 1.72. The molecule has 0 saturated heterocycles. The lowest BCUT2D eigenvalue weighted by molar-refractivity contribution is 0.414. The van der Waals surface area contributed by atoms with Crippen molar-refractivity contribution in [3.63, 3.8) is 0 Å². The van der Waals surface area contributed by atoms with Crippen LogP contribution in [0.5, 0.6) is 5.75 Å². The van der Waals surface area contributed by atoms with Gasteiger partial charge in [0.05, 0.1) is 13.2 Å². The average molecular weight is 227 g/mol. The highest BCUT2D eigenvalue weighted by Crippen LogP contribution is 2.15. The SMILES string of the molecule is COc1ccc(CC(C)(N)C#N)cc1.Cl. The molecule has 0 bridgehead atoms. The van der Waals surface area contributed by atoms with Crippen LogP contribution in [0, 0.1) is 11.3 Å². The first-order valence-electron chi connectivity index (χ1n) is 4.40. The standard InChI is InChI=1S/C11H14N2O.ClH/c1-11(13,8-12)7-9-3-5-10(14-2)6-4-9;/h3-6H,7,13H2,1-2H3;1H. The monoisotopic (exact) mass is 226 g/mol. The number of hydrogen-bond acceptors (Lipinski definition) is 3. The van der Waals surface area contributed by atoms with Gasteiger partial charge in [-0.1, -0.05) is 12.1 Å². The molecule has 0 aromatic heterocycles. The van der Waals surface area contributed by atoms with Crippen molar-refractivity contribution in [1.82, 2.24) is 0 Å². The van der Waals surface area contributed by atoms with Crippen molar-refractivity contribution in [3.8, 4) is 11.8 Å². The Morgan fingerprint density at radius 2 is 1.93 bits per heavy atom. The van der Waals surface area contributed by atoms with Crippen LogP contribution in [0.15, 0.2) is 24.3 Å². The molecule has 0 saturated carbocycles. The van der Waals surface area contributed by atoms with E-state index in [1.165, 1.54) is 0 Å². The van der Waals surface area contributed by atoms with Gasteiger partial charge in [0.25, 0.3) is 0 Å². The molecule has 0 heterocycles. The van der Waals surface area contributed by atoms with Crippen molar-refractivity contribution in [2.24, 2.45) is 5.73 Å². The zero-order chi connectivity index (χ0) is 10.6. The number of nitriles is 1. The Kier molecular flexibility index (Phi) is 5.13. The number of benzene rings is 1. The Hall–Kier alpha value is -1.24. The molecule has 0 radical (unpaired) electrons. The number of nitrogens with two attached hydrogens (primary N) is 1. The Labute approximate surface area is 96.3 Å². The maximum Gasteiger partial charge on any atom is 0.118 e. The zero-order valence-corrected chi connectivity index (χ0v) is 9.67. The van der Waals surface area contributed by atoms with E-state index in [9.17, 15) is 0 Å². The third kappa shape index (κ3) is 4.20. The predicted molar refractivity (Wildman–Crippen MR) is 62.2 cm³/mol. The van der Waals surface area contributed by atoms with Crippen molar-refractivity contribution in [2.45, 2.75) is 18.9 Å². The van der Waals surface area contributed by atoms with E-state index in [1.54, 1.807) is 14.0 Å². The largest absolute Gasteiger partial charge is 0.497 e. The van der Waals surface area contributed by atoms with Crippen molar-refractivity contribution in [3.05, 3.63) is 29.8 Å². The summed E-state index contributed by atoms with van der Waals surface area (Å²) in [6, 6.07) is 9.63. The fraction of sp³-hybridized carbons (Fsp3) is 0.364. The highest BCUT2D eigenvalue weighted by Gasteiger charge is 2.17. The van der Waals surface area contributed by atoms with Crippen LogP contribution in [0.25, 0.3) is 0 Å². The highest BCUT2D eigenvalue weighted by molar-refractivity contribution is 5.85. The van der Waals surface area contributed by atoms with Gasteiger partial charge in [0.2, 0.25) is 0 Å². The minimum absolute atomic E-state index is 0. The molecule has 3 nitrogen and oxygen atoms in total. The molecule has 1 atom stereocenters. The second-order valence-electron chi connectivity index (χ2n) is 3.55. The number of rotatable bonds is 3. The number of nitrogens with zero attached hydrogens (tertiary/aromatic N) is 1. The lowest BCUT2D eigenvalue weighted by Crippen LogP contribution is -2.36. The van der Waals surface area contributed by atoms with Crippen molar-refractivity contribution in [1.29, 1.82) is 5.26 Å². The van der Waals surface area contributed by atoms with Gasteiger partial charge in [-0.25, -0.2) is 0 Å². The molecule has 1 unspecified atom stereocenters. The molecule has 0 aliphatic carbocycles. The normalized spacial score (nSPS) is 13.2. The Bertz CT molecular complexity index is 341. The van der Waals surface area contributed by atoms with Crippen LogP contribution in [0.3, 0.4) is 0 Å². The summed E-state index contributed by atoms with van der Waals surface area (Å²) in [7, 11) is 1.62. The second kappa shape index (κ2) is 5.59. The van der Waals surface area contributed by atoms with E-state index in [1.807, 2.05) is 24.3 Å². The van der Waals surface area contributed by atoms with Crippen LogP contribution in [0.2, 0.25) is 0 Å². The second-order valence-corrected chi connectivity index (χ2v) is 3.55. The van der Waals surface area contributed by atoms with E-state index >= 15 is 0 Å². The predicted octanol–water partition coefficient (Wildman–Crippen LogP) is 1.90. The molecule has 0 aliphatic heterocycles. The first kappa shape index (κ1) is 13.8. The van der Waals surface area contributed by atoms with Gasteiger partial charge in [-0.3, -0.25) is 0 Å². The first-order chi connectivity index (χ1) is 6.57. The van der Waals surface area contributed by atoms with E-state index in [4.69, 9.17) is 15.7 Å². The van der Waals surface area contributed by atoms with Gasteiger partial charge in [-0.2, -0.15) is 5.26 Å². The van der Waals surface area contributed by atoms with Crippen LogP contribution < -0.4 is 10.5 Å². The molecule has 0 aliphatic rings. The summed E-state index contributed by atoms with van der Waals surface area (Å²) in [5.74, 6) is 0.810. The maximum absolute atomic E-state index is 8.76. The maximum atomic E-state index is 8.76. The van der Waals surface area contributed by atoms with Gasteiger partial charge in [0, 0.05) is 6.42 Å². The molecule has 1 aromatic carbocycles. The quantitative estimate of drug-likeness (QED) is 0.857. The van der Waals surface area contributed by atoms with Crippen LogP contribution in [-0.2, 0) is 6.42 Å². The molecule has 1 rings (SSSR count). The Balaban J connectivity index is 0.00000196. The molecular weight excluding hydrogens is 212 g/mol. The van der Waals surface area contributed by atoms with Crippen molar-refractivity contribution >= 4 is 12.4 Å². The molecule has 82 valence electrons. The number of halogens is 1. The summed E-state index contributed by atoms with van der Waals surface area (Å²) in [4.78, 5) is 0. The van der Waals surface area contributed by atoms with Gasteiger partial charge >= 0.3 is 0 Å². The molecule has 4 heteroatoms. The van der Waals surface area contributed by atoms with Gasteiger partial charge in [0.15, 0.2) is 0 Å². The molecular formula is C11H15ClN2O. The Morgan fingerprint density at radius 1 is 1.40 bits per heavy atom. The third-order valence-corrected chi connectivity index (χ3v) is 1.99. The van der Waals surface area contributed by atoms with Crippen LogP contribution in [-0.4, -0.2) is 12.6 Å². The Morgan fingerprint density at radius 3 is 2.33 bits per heavy atom. The summed E-state index contributed by atoms with van der Waals surface area (Å²) < 4.78 is 5.03. The smallest absolute Gasteiger partial charge is 0.118 e. The summed E-state index contributed by atoms with van der Waals surface area (Å²) in [5.41, 5.74) is 5.97. The highest BCUT2D eigenvalue weighted by atomic mass is 35.5. The average Bonchev–Trinajstić information content (AvgIpc) is 2.19. The van der Waals surface area contributed by atoms with Crippen molar-refractivity contribution < 1.29 is 4.74 Å². The molecule has 0 spiro atoms. The lowest BCUT2D eigenvalue weighted by Gasteiger charge is -2.14. The van der Waals surface area contributed by atoms with E-state index in [-0.39, 0.29) is 12.4 Å². The fourth-order valence-corrected chi connectivity index (χ4v) is 1.21. The van der Waals surface area contributed by atoms with E-state index in [2.05, 4.69) is 6.07 Å². The fourth-order valence-electron chi connectivity index (χ4n) is 1.21. The summed E-state index contributed by atoms with van der Waals surface area (Å²) in [6.07, 6.45) is 0.549. The van der Waals surface area contributed by atoms with E-state index in [0.29, 0.717) is 6.42 Å². The molecule has 2 N–H and O–H groups in total.